The molecule has 0 unspecified atom stereocenters. The van der Waals surface area contributed by atoms with Crippen LogP contribution in [0.1, 0.15) is 83.0 Å². The number of imidazole rings is 2. The molecule has 0 atom stereocenters. The molecule has 734 valence electrons. The summed E-state index contributed by atoms with van der Waals surface area (Å²) in [4.78, 5) is 43.5. The summed E-state index contributed by atoms with van der Waals surface area (Å²) in [5, 5.41) is 24.8. The monoisotopic (exact) mass is 2000 g/mol. The lowest BCUT2D eigenvalue weighted by Gasteiger charge is -2.13. The van der Waals surface area contributed by atoms with Crippen LogP contribution in [0, 0.1) is 46.3 Å². The van der Waals surface area contributed by atoms with E-state index in [1.54, 1.807) is 56.2 Å². The second kappa shape index (κ2) is 42.4. The Labute approximate surface area is 803 Å². The molecule has 0 bridgehead atoms. The molecule has 0 aliphatic rings. The highest BCUT2D eigenvalue weighted by Gasteiger charge is 2.40. The smallest absolute Gasteiger partial charge is 0.435 e. The zero-order valence-corrected chi connectivity index (χ0v) is 78.1. The maximum Gasteiger partial charge on any atom is 0.435 e. The van der Waals surface area contributed by atoms with Crippen LogP contribution in [0.4, 0.5) is 132 Å². The van der Waals surface area contributed by atoms with Gasteiger partial charge in [0.2, 0.25) is 0 Å². The molecular formula is C98H83F17N22O3S2. The summed E-state index contributed by atoms with van der Waals surface area (Å²) in [6.07, 6.45) is -9.81. The van der Waals surface area contributed by atoms with Crippen molar-refractivity contribution in [2.75, 3.05) is 45.7 Å². The number of hydrogen-bond acceptors (Lipinski definition) is 21. The van der Waals surface area contributed by atoms with Crippen molar-refractivity contribution in [3.8, 4) is 51.3 Å². The van der Waals surface area contributed by atoms with E-state index in [1.807, 2.05) is 74.8 Å². The van der Waals surface area contributed by atoms with Crippen LogP contribution in [0.2, 0.25) is 0 Å². The lowest BCUT2D eigenvalue weighted by atomic mass is 10.1. The third-order valence-corrected chi connectivity index (χ3v) is 23.8. The number of nitrogens with one attached hydrogen (secondary N) is 5. The van der Waals surface area contributed by atoms with Gasteiger partial charge in [-0.25, -0.2) is 52.1 Å². The van der Waals surface area contributed by atoms with Crippen molar-refractivity contribution >= 4 is 107 Å². The number of thioether (sulfide) groups is 1. The Morgan fingerprint density at radius 3 is 1.37 bits per heavy atom. The van der Waals surface area contributed by atoms with Crippen molar-refractivity contribution in [2.45, 2.75) is 104 Å². The second-order valence-electron chi connectivity index (χ2n) is 31.2. The third-order valence-electron chi connectivity index (χ3n) is 21.5. The molecule has 0 fully saturated rings. The van der Waals surface area contributed by atoms with Gasteiger partial charge in [-0.2, -0.15) is 80.1 Å². The molecule has 7 aromatic carbocycles. The first-order chi connectivity index (χ1) is 67.4. The lowest BCUT2D eigenvalue weighted by molar-refractivity contribution is -0.140. The zero-order valence-electron chi connectivity index (χ0n) is 76.4. The van der Waals surface area contributed by atoms with Gasteiger partial charge in [-0.05, 0) is 225 Å². The summed E-state index contributed by atoms with van der Waals surface area (Å²) >= 11 is 1.29. The van der Waals surface area contributed by atoms with Crippen LogP contribution in [0.25, 0.3) is 73.1 Å². The summed E-state index contributed by atoms with van der Waals surface area (Å²) in [6.45, 7) is 15.4. The molecule has 11 heterocycles. The summed E-state index contributed by atoms with van der Waals surface area (Å²) in [5.41, 5.74) is 6.55. The number of aromatic nitrogens is 17. The maximum atomic E-state index is 13.8. The Hall–Kier alpha value is -15.9. The standard InChI is InChI=1S/C21H14F6N4S.C21H19N3O.C20H14F5N5.C18H18F3N5O2S.C18H18F3N5/c1-32-14-10-15(18-19(21(25,26)27)30-17-4-2-3-9-31(17)18)29-16(11-14)28-13-7-5-12(6-8-13)20(22,23)24;1-15-14-16-6-3-4-7-19(16)24(15)21-9-5-8-20(23-21)22-17-10-12-18(25-2)13-11-17;1-2-18-28-15-7-13(21)14(22)8-16(15)30(18)19-10-26-9-17(29-19)27-12-5-3-11(4-6-12)20(23,24)25;1-4-29(27,28)26-12(3)17(11(2)25-26)15-9-22-10-16(24-15)23-14-7-5-13(6-8-14)18(19,20)21;1-4-26-12(3)17(11(2)25-26)15-9-22-10-16(24-15)23-14-7-5-13(6-8-14)18(19,20)21/h2-11H,1H3,(H,28,29);3-14H,1-2H3,(H,22,23);3-10H,2H2,1H3,(H,27,29);5-10H,4H2,1-3H3,(H,23,24);5-10H,4H2,1-3H3,(H,23,24). The molecule has 0 saturated carbocycles. The fourth-order valence-corrected chi connectivity index (χ4v) is 16.3. The molecule has 0 spiro atoms. The van der Waals surface area contributed by atoms with Crippen LogP contribution in [0.15, 0.2) is 261 Å². The van der Waals surface area contributed by atoms with E-state index in [9.17, 15) is 83.1 Å². The van der Waals surface area contributed by atoms with Crippen LogP contribution in [-0.2, 0) is 53.9 Å². The van der Waals surface area contributed by atoms with Gasteiger partial charge in [0.05, 0.1) is 123 Å². The summed E-state index contributed by atoms with van der Waals surface area (Å²) in [6, 6.07) is 52.2. The van der Waals surface area contributed by atoms with E-state index in [4.69, 9.17) is 9.72 Å². The highest BCUT2D eigenvalue weighted by Crippen LogP contribution is 2.42. The lowest BCUT2D eigenvalue weighted by Crippen LogP contribution is -2.17. The quantitative estimate of drug-likeness (QED) is 0.0330. The maximum absolute atomic E-state index is 13.8. The predicted octanol–water partition coefficient (Wildman–Crippen LogP) is 26.1. The molecule has 44 heteroatoms. The van der Waals surface area contributed by atoms with Crippen LogP contribution in [-0.4, -0.2) is 110 Å². The Kier molecular flexibility index (Phi) is 30.5. The molecule has 5 N–H and O–H groups in total. The molecule has 25 nitrogen and oxygen atoms in total. The van der Waals surface area contributed by atoms with Crippen molar-refractivity contribution < 1.29 is 87.8 Å². The molecule has 18 rings (SSSR count). The summed E-state index contributed by atoms with van der Waals surface area (Å²) < 4.78 is 258. The molecule has 142 heavy (non-hydrogen) atoms. The third kappa shape index (κ3) is 24.1. The fraction of sp³-hybridized carbons (Fsp3) is 0.184. The number of aryl methyl sites for hydroxylation is 5. The van der Waals surface area contributed by atoms with Gasteiger partial charge >= 0.3 is 30.9 Å². The first kappa shape index (κ1) is 102. The minimum atomic E-state index is -4.71. The molecule has 0 radical (unpaired) electrons. The molecule has 0 aliphatic carbocycles. The van der Waals surface area contributed by atoms with E-state index in [-0.39, 0.29) is 39.9 Å². The highest BCUT2D eigenvalue weighted by molar-refractivity contribution is 7.98. The molecular weight excluding hydrogens is 1920 g/mol. The van der Waals surface area contributed by atoms with Crippen molar-refractivity contribution in [3.05, 3.63) is 330 Å². The summed E-state index contributed by atoms with van der Waals surface area (Å²) in [7, 11) is -1.90. The van der Waals surface area contributed by atoms with Gasteiger partial charge in [0.1, 0.15) is 52.0 Å². The number of hydrogen-bond donors (Lipinski definition) is 5. The number of halogens is 17. The summed E-state index contributed by atoms with van der Waals surface area (Å²) in [5.74, 6) is 2.45. The van der Waals surface area contributed by atoms with E-state index >= 15 is 0 Å². The van der Waals surface area contributed by atoms with E-state index in [1.165, 1.54) is 126 Å². The van der Waals surface area contributed by atoms with Gasteiger partial charge in [-0.3, -0.25) is 33.2 Å². The largest absolute Gasteiger partial charge is 0.497 e. The minimum Gasteiger partial charge on any atom is -0.497 e. The SMILES string of the molecule is CCS(=O)(=O)n1nc(C)c(-c2cncc(Nc3ccc(C(F)(F)F)cc3)n2)c1C.CCc1nc2cc(F)c(F)cc2n1-c1cncc(Nc2ccc(C(F)(F)F)cc2)n1.CCn1nc(C)c(-c2cncc(Nc3ccc(C(F)(F)F)cc3)n2)c1C.COc1ccc(Nc2cccc(-n3c(C)cc4ccccc43)n2)cc1.CSc1cc(Nc2ccc(C(F)(F)F)cc2)nc(-c2c(C(F)(F)F)nc3ccccn23)c1. The number of ether oxygens (including phenoxy) is 1. The van der Waals surface area contributed by atoms with Crippen LogP contribution < -0.4 is 31.3 Å². The molecule has 0 saturated heterocycles. The molecule has 18 aromatic rings. The van der Waals surface area contributed by atoms with Gasteiger partial charge in [0.25, 0.3) is 10.0 Å². The molecule has 0 aliphatic heterocycles. The molecule has 11 aromatic heterocycles. The van der Waals surface area contributed by atoms with E-state index < -0.39 is 80.5 Å². The Morgan fingerprint density at radius 2 is 0.880 bits per heavy atom. The predicted molar refractivity (Wildman–Crippen MR) is 508 cm³/mol. The number of methoxy groups -OCH3 is 1. The number of nitrogens with zero attached hydrogens (tertiary/aromatic N) is 17. The van der Waals surface area contributed by atoms with Crippen LogP contribution in [0.3, 0.4) is 0 Å². The number of alkyl halides is 15. The van der Waals surface area contributed by atoms with Crippen molar-refractivity contribution in [1.82, 2.24) is 82.3 Å². The first-order valence-corrected chi connectivity index (χ1v) is 45.7. The molecule has 0 amide bonds. The van der Waals surface area contributed by atoms with E-state index in [0.717, 1.165) is 123 Å². The van der Waals surface area contributed by atoms with Crippen LogP contribution in [0.5, 0.6) is 5.75 Å². The Bertz CT molecular complexity index is 7640. The number of para-hydroxylation sites is 1. The van der Waals surface area contributed by atoms with Gasteiger partial charge in [-0.15, -0.1) is 11.8 Å². The fourth-order valence-electron chi connectivity index (χ4n) is 14.8. The van der Waals surface area contributed by atoms with Gasteiger partial charge in [-0.1, -0.05) is 37.3 Å². The van der Waals surface area contributed by atoms with Crippen molar-refractivity contribution in [3.63, 3.8) is 0 Å². The normalized spacial score (nSPS) is 11.8. The highest BCUT2D eigenvalue weighted by atomic mass is 32.2. The minimum absolute atomic E-state index is 0.0253. The number of anilines is 10. The second-order valence-corrected chi connectivity index (χ2v) is 34.2. The van der Waals surface area contributed by atoms with Gasteiger partial charge in [0.15, 0.2) is 29.0 Å². The number of rotatable bonds is 21. The number of fused-ring (bicyclic) bond motifs is 3. The zero-order chi connectivity index (χ0) is 102. The van der Waals surface area contributed by atoms with Crippen LogP contribution >= 0.6 is 11.8 Å². The van der Waals surface area contributed by atoms with Gasteiger partial charge < -0.3 is 31.3 Å². The average molecular weight is 2000 g/mol. The number of pyridine rings is 3. The topological polar surface area (TPSA) is 282 Å². The van der Waals surface area contributed by atoms with Crippen molar-refractivity contribution in [1.29, 1.82) is 0 Å². The van der Waals surface area contributed by atoms with E-state index in [2.05, 4.69) is 123 Å². The number of benzene rings is 7. The van der Waals surface area contributed by atoms with Crippen molar-refractivity contribution in [2.24, 2.45) is 0 Å². The van der Waals surface area contributed by atoms with E-state index in [0.29, 0.717) is 91.2 Å². The Morgan fingerprint density at radius 1 is 0.415 bits per heavy atom. The van der Waals surface area contributed by atoms with Gasteiger partial charge in [0, 0.05) is 92.5 Å². The average Bonchev–Trinajstić information content (AvgIpc) is 1.62. The first-order valence-electron chi connectivity index (χ1n) is 42.9. The Balaban J connectivity index is 0.000000141.